The molecule has 1 N–H and O–H groups in total. The maximum Gasteiger partial charge on any atom is 0.128 e. The second kappa shape index (κ2) is 4.67. The van der Waals surface area contributed by atoms with Crippen molar-refractivity contribution in [3.05, 3.63) is 29.3 Å². The Morgan fingerprint density at radius 3 is 3.06 bits per heavy atom. The molecule has 92 valence electrons. The summed E-state index contributed by atoms with van der Waals surface area (Å²) in [5.41, 5.74) is 2.17. The predicted molar refractivity (Wildman–Crippen MR) is 64.1 cm³/mol. The lowest BCUT2D eigenvalue weighted by Crippen LogP contribution is -2.17. The van der Waals surface area contributed by atoms with E-state index in [1.165, 1.54) is 5.56 Å². The van der Waals surface area contributed by atoms with Crippen LogP contribution in [0.2, 0.25) is 0 Å². The normalized spacial score (nSPS) is 25.1. The Morgan fingerprint density at radius 1 is 1.29 bits per heavy atom. The third-order valence-electron chi connectivity index (χ3n) is 3.69. The smallest absolute Gasteiger partial charge is 0.128 e. The molecule has 0 spiro atoms. The van der Waals surface area contributed by atoms with Crippen LogP contribution in [-0.2, 0) is 11.2 Å². The van der Waals surface area contributed by atoms with Crippen LogP contribution in [0.25, 0.3) is 0 Å². The third kappa shape index (κ3) is 2.05. The number of hydrogen-bond donors (Lipinski definition) is 1. The van der Waals surface area contributed by atoms with Gasteiger partial charge in [0, 0.05) is 18.1 Å². The fourth-order valence-corrected chi connectivity index (χ4v) is 2.70. The zero-order valence-electron chi connectivity index (χ0n) is 9.89. The van der Waals surface area contributed by atoms with E-state index in [0.717, 1.165) is 43.8 Å². The summed E-state index contributed by atoms with van der Waals surface area (Å²) in [6.07, 6.45) is 2.60. The number of fused-ring (bicyclic) bond motifs is 1. The van der Waals surface area contributed by atoms with Crippen LogP contribution in [0.4, 0.5) is 0 Å². The summed E-state index contributed by atoms with van der Waals surface area (Å²) in [4.78, 5) is 0. The van der Waals surface area contributed by atoms with Crippen LogP contribution < -0.4 is 4.74 Å². The summed E-state index contributed by atoms with van der Waals surface area (Å²) >= 11 is 0. The highest BCUT2D eigenvalue weighted by Crippen LogP contribution is 2.37. The largest absolute Gasteiger partial charge is 0.493 e. The minimum Gasteiger partial charge on any atom is -0.493 e. The molecule has 3 heteroatoms. The molecule has 2 atom stereocenters. The lowest BCUT2D eigenvalue weighted by molar-refractivity contribution is 0.0883. The van der Waals surface area contributed by atoms with E-state index in [-0.39, 0.29) is 5.92 Å². The third-order valence-corrected chi connectivity index (χ3v) is 3.69. The van der Waals surface area contributed by atoms with Crippen LogP contribution in [0.5, 0.6) is 5.75 Å². The van der Waals surface area contributed by atoms with Gasteiger partial charge >= 0.3 is 0 Å². The van der Waals surface area contributed by atoms with Crippen LogP contribution in [0.3, 0.4) is 0 Å². The monoisotopic (exact) mass is 234 g/mol. The summed E-state index contributed by atoms with van der Waals surface area (Å²) in [7, 11) is 0. The number of aliphatic hydroxyl groups is 1. The van der Waals surface area contributed by atoms with Crippen LogP contribution in [0, 0.1) is 5.92 Å². The molecule has 2 unspecified atom stereocenters. The van der Waals surface area contributed by atoms with Crippen molar-refractivity contribution in [1.29, 1.82) is 0 Å². The van der Waals surface area contributed by atoms with Crippen LogP contribution in [0.1, 0.15) is 30.1 Å². The van der Waals surface area contributed by atoms with E-state index in [0.29, 0.717) is 6.61 Å². The van der Waals surface area contributed by atoms with E-state index in [4.69, 9.17) is 9.47 Å². The van der Waals surface area contributed by atoms with E-state index in [1.807, 2.05) is 12.1 Å². The number of hydrogen-bond acceptors (Lipinski definition) is 3. The number of ether oxygens (including phenoxy) is 2. The van der Waals surface area contributed by atoms with Crippen molar-refractivity contribution in [1.82, 2.24) is 0 Å². The summed E-state index contributed by atoms with van der Waals surface area (Å²) < 4.78 is 11.1. The fourth-order valence-electron chi connectivity index (χ4n) is 2.70. The average Bonchev–Trinajstić information content (AvgIpc) is 2.91. The lowest BCUT2D eigenvalue weighted by atomic mass is 9.91. The SMILES string of the molecule is OC(c1cccc2c1OCCC2)C1CCOC1. The van der Waals surface area contributed by atoms with Crippen LogP contribution in [0.15, 0.2) is 18.2 Å². The summed E-state index contributed by atoms with van der Waals surface area (Å²) in [6.45, 7) is 2.18. The molecule has 2 heterocycles. The topological polar surface area (TPSA) is 38.7 Å². The highest BCUT2D eigenvalue weighted by Gasteiger charge is 2.28. The second-order valence-corrected chi connectivity index (χ2v) is 4.86. The van der Waals surface area contributed by atoms with Crippen LogP contribution in [-0.4, -0.2) is 24.9 Å². The summed E-state index contributed by atoms with van der Waals surface area (Å²) in [6, 6.07) is 6.09. The first-order valence-electron chi connectivity index (χ1n) is 6.36. The minimum atomic E-state index is -0.453. The Labute approximate surface area is 101 Å². The van der Waals surface area contributed by atoms with Gasteiger partial charge in [0.05, 0.1) is 19.3 Å². The van der Waals surface area contributed by atoms with E-state index >= 15 is 0 Å². The number of aryl methyl sites for hydroxylation is 1. The van der Waals surface area contributed by atoms with Gasteiger partial charge in [-0.25, -0.2) is 0 Å². The first-order chi connectivity index (χ1) is 8.36. The predicted octanol–water partition coefficient (Wildman–Crippen LogP) is 2.08. The molecule has 0 saturated carbocycles. The second-order valence-electron chi connectivity index (χ2n) is 4.86. The molecule has 2 aliphatic rings. The summed E-state index contributed by atoms with van der Waals surface area (Å²) in [5, 5.41) is 10.4. The number of para-hydroxylation sites is 1. The zero-order valence-corrected chi connectivity index (χ0v) is 9.89. The van der Waals surface area contributed by atoms with Crippen molar-refractivity contribution in [3.63, 3.8) is 0 Å². The molecule has 1 saturated heterocycles. The van der Waals surface area contributed by atoms with Gasteiger partial charge in [-0.15, -0.1) is 0 Å². The highest BCUT2D eigenvalue weighted by atomic mass is 16.5. The average molecular weight is 234 g/mol. The molecular weight excluding hydrogens is 216 g/mol. The highest BCUT2D eigenvalue weighted by molar-refractivity contribution is 5.44. The Morgan fingerprint density at radius 2 is 2.24 bits per heavy atom. The maximum atomic E-state index is 10.4. The number of benzene rings is 1. The molecule has 1 aromatic carbocycles. The van der Waals surface area contributed by atoms with Gasteiger partial charge in [0.15, 0.2) is 0 Å². The fraction of sp³-hybridized carbons (Fsp3) is 0.571. The summed E-state index contributed by atoms with van der Waals surface area (Å²) in [5.74, 6) is 1.13. The Balaban J connectivity index is 1.91. The van der Waals surface area contributed by atoms with Gasteiger partial charge < -0.3 is 14.6 Å². The Kier molecular flexibility index (Phi) is 3.04. The standard InChI is InChI=1S/C14H18O3/c15-13(11-6-8-16-9-11)12-5-1-3-10-4-2-7-17-14(10)12/h1,3,5,11,13,15H,2,4,6-9H2. The zero-order chi connectivity index (χ0) is 11.7. The molecule has 3 nitrogen and oxygen atoms in total. The van der Waals surface area contributed by atoms with Gasteiger partial charge in [-0.1, -0.05) is 18.2 Å². The lowest BCUT2D eigenvalue weighted by Gasteiger charge is -2.24. The van der Waals surface area contributed by atoms with E-state index in [2.05, 4.69) is 6.07 Å². The molecule has 17 heavy (non-hydrogen) atoms. The molecule has 0 amide bonds. The Hall–Kier alpha value is -1.06. The van der Waals surface area contributed by atoms with Gasteiger partial charge in [-0.05, 0) is 24.8 Å². The van der Waals surface area contributed by atoms with E-state index in [9.17, 15) is 5.11 Å². The first-order valence-corrected chi connectivity index (χ1v) is 6.36. The van der Waals surface area contributed by atoms with Crippen molar-refractivity contribution < 1.29 is 14.6 Å². The molecule has 0 radical (unpaired) electrons. The number of rotatable bonds is 2. The van der Waals surface area contributed by atoms with Crippen molar-refractivity contribution >= 4 is 0 Å². The maximum absolute atomic E-state index is 10.4. The molecule has 1 aromatic rings. The van der Waals surface area contributed by atoms with Crippen LogP contribution >= 0.6 is 0 Å². The quantitative estimate of drug-likeness (QED) is 0.851. The molecule has 0 aromatic heterocycles. The molecule has 0 bridgehead atoms. The first kappa shape index (κ1) is 11.1. The van der Waals surface area contributed by atoms with Gasteiger partial charge in [0.1, 0.15) is 5.75 Å². The van der Waals surface area contributed by atoms with Crippen molar-refractivity contribution in [2.75, 3.05) is 19.8 Å². The van der Waals surface area contributed by atoms with Crippen molar-refractivity contribution in [2.24, 2.45) is 5.92 Å². The van der Waals surface area contributed by atoms with E-state index in [1.54, 1.807) is 0 Å². The van der Waals surface area contributed by atoms with Gasteiger partial charge in [0.2, 0.25) is 0 Å². The van der Waals surface area contributed by atoms with Crippen molar-refractivity contribution in [2.45, 2.75) is 25.4 Å². The van der Waals surface area contributed by atoms with Gasteiger partial charge in [-0.3, -0.25) is 0 Å². The van der Waals surface area contributed by atoms with Gasteiger partial charge in [0.25, 0.3) is 0 Å². The Bertz CT molecular complexity index is 396. The molecule has 3 rings (SSSR count). The van der Waals surface area contributed by atoms with Gasteiger partial charge in [-0.2, -0.15) is 0 Å². The molecule has 1 fully saturated rings. The molecular formula is C14H18O3. The number of aliphatic hydroxyl groups excluding tert-OH is 1. The van der Waals surface area contributed by atoms with E-state index < -0.39 is 6.10 Å². The molecule has 0 aliphatic carbocycles. The van der Waals surface area contributed by atoms with Crippen molar-refractivity contribution in [3.8, 4) is 5.75 Å². The molecule has 2 aliphatic heterocycles. The minimum absolute atomic E-state index is 0.215.